The van der Waals surface area contributed by atoms with Crippen molar-refractivity contribution in [1.82, 2.24) is 20.1 Å². The molecule has 20 heavy (non-hydrogen) atoms. The van der Waals surface area contributed by atoms with E-state index in [1.807, 2.05) is 11.8 Å². The molecule has 2 aliphatic rings. The fourth-order valence-corrected chi connectivity index (χ4v) is 4.25. The molecular formula is C14H24N4OS. The van der Waals surface area contributed by atoms with E-state index in [1.165, 1.54) is 25.1 Å². The van der Waals surface area contributed by atoms with Crippen molar-refractivity contribution in [3.05, 3.63) is 5.82 Å². The van der Waals surface area contributed by atoms with Crippen LogP contribution in [0.25, 0.3) is 0 Å². The fraction of sp³-hybridized carbons (Fsp3) is 0.857. The van der Waals surface area contributed by atoms with E-state index >= 15 is 0 Å². The van der Waals surface area contributed by atoms with E-state index < -0.39 is 0 Å². The standard InChI is InChI=1S/C14H24N4OS/c1-2-15-11-7-9-19-10-12(11)20-14-17-16-13-6-4-3-5-8-18(13)14/h11-12,15H,2-10H2,1H3. The molecule has 2 unspecified atom stereocenters. The van der Waals surface area contributed by atoms with Gasteiger partial charge in [-0.15, -0.1) is 10.2 Å². The highest BCUT2D eigenvalue weighted by Gasteiger charge is 2.28. The summed E-state index contributed by atoms with van der Waals surface area (Å²) in [7, 11) is 0. The summed E-state index contributed by atoms with van der Waals surface area (Å²) in [6.07, 6.45) is 5.96. The summed E-state index contributed by atoms with van der Waals surface area (Å²) in [6.45, 7) is 5.93. The van der Waals surface area contributed by atoms with Gasteiger partial charge in [0.15, 0.2) is 5.16 Å². The number of thioether (sulfide) groups is 1. The van der Waals surface area contributed by atoms with Crippen LogP contribution in [0.3, 0.4) is 0 Å². The van der Waals surface area contributed by atoms with Gasteiger partial charge in [-0.3, -0.25) is 0 Å². The van der Waals surface area contributed by atoms with Crippen molar-refractivity contribution in [2.75, 3.05) is 19.8 Å². The Balaban J connectivity index is 1.71. The Hall–Kier alpha value is -0.590. The minimum absolute atomic E-state index is 0.445. The van der Waals surface area contributed by atoms with Gasteiger partial charge in [-0.25, -0.2) is 0 Å². The second-order valence-electron chi connectivity index (χ2n) is 5.55. The number of rotatable bonds is 4. The summed E-state index contributed by atoms with van der Waals surface area (Å²) in [5.74, 6) is 1.17. The molecule has 5 nitrogen and oxygen atoms in total. The molecule has 0 spiro atoms. The van der Waals surface area contributed by atoms with Gasteiger partial charge in [0.25, 0.3) is 0 Å². The molecule has 3 heterocycles. The van der Waals surface area contributed by atoms with Crippen molar-refractivity contribution in [2.24, 2.45) is 0 Å². The lowest BCUT2D eigenvalue weighted by Crippen LogP contribution is -2.44. The zero-order chi connectivity index (χ0) is 13.8. The highest BCUT2D eigenvalue weighted by molar-refractivity contribution is 7.99. The minimum atomic E-state index is 0.445. The molecule has 2 aliphatic heterocycles. The summed E-state index contributed by atoms with van der Waals surface area (Å²) >= 11 is 1.84. The number of aryl methyl sites for hydroxylation is 1. The lowest BCUT2D eigenvalue weighted by Gasteiger charge is -2.31. The number of ether oxygens (including phenoxy) is 1. The van der Waals surface area contributed by atoms with Crippen LogP contribution in [-0.2, 0) is 17.7 Å². The van der Waals surface area contributed by atoms with Gasteiger partial charge in [0, 0.05) is 25.6 Å². The van der Waals surface area contributed by atoms with Crippen LogP contribution in [0, 0.1) is 0 Å². The Morgan fingerprint density at radius 3 is 3.20 bits per heavy atom. The van der Waals surface area contributed by atoms with Gasteiger partial charge < -0.3 is 14.6 Å². The third-order valence-electron chi connectivity index (χ3n) is 4.10. The minimum Gasteiger partial charge on any atom is -0.380 e. The van der Waals surface area contributed by atoms with E-state index in [0.29, 0.717) is 11.3 Å². The third-order valence-corrected chi connectivity index (χ3v) is 5.38. The second-order valence-corrected chi connectivity index (χ2v) is 6.75. The van der Waals surface area contributed by atoms with E-state index in [-0.39, 0.29) is 0 Å². The van der Waals surface area contributed by atoms with Crippen molar-refractivity contribution in [2.45, 2.75) is 62.0 Å². The predicted octanol–water partition coefficient (Wildman–Crippen LogP) is 1.86. The van der Waals surface area contributed by atoms with Crippen molar-refractivity contribution in [1.29, 1.82) is 0 Å². The fourth-order valence-electron chi connectivity index (χ4n) is 3.00. The van der Waals surface area contributed by atoms with Gasteiger partial charge in [0.1, 0.15) is 5.82 Å². The molecule has 0 amide bonds. The molecule has 3 rings (SSSR count). The molecule has 0 bridgehead atoms. The van der Waals surface area contributed by atoms with E-state index in [0.717, 1.165) is 44.3 Å². The molecule has 1 aromatic heterocycles. The molecule has 112 valence electrons. The van der Waals surface area contributed by atoms with Crippen LogP contribution in [0.15, 0.2) is 5.16 Å². The Morgan fingerprint density at radius 2 is 2.30 bits per heavy atom. The third kappa shape index (κ3) is 3.18. The number of hydrogen-bond donors (Lipinski definition) is 1. The number of nitrogens with one attached hydrogen (secondary N) is 1. The van der Waals surface area contributed by atoms with Gasteiger partial charge in [-0.2, -0.15) is 0 Å². The Morgan fingerprint density at radius 1 is 1.35 bits per heavy atom. The van der Waals surface area contributed by atoms with Crippen LogP contribution in [0.1, 0.15) is 38.4 Å². The SMILES string of the molecule is CCNC1CCOCC1Sc1nnc2n1CCCCC2. The van der Waals surface area contributed by atoms with E-state index in [4.69, 9.17) is 4.74 Å². The Bertz CT molecular complexity index is 435. The lowest BCUT2D eigenvalue weighted by atomic mass is 10.1. The molecule has 1 saturated heterocycles. The van der Waals surface area contributed by atoms with Gasteiger partial charge in [0.2, 0.25) is 0 Å². The topological polar surface area (TPSA) is 52.0 Å². The quantitative estimate of drug-likeness (QED) is 0.919. The van der Waals surface area contributed by atoms with E-state index in [2.05, 4.69) is 27.0 Å². The van der Waals surface area contributed by atoms with E-state index in [1.54, 1.807) is 0 Å². The molecule has 0 saturated carbocycles. The molecule has 1 N–H and O–H groups in total. The number of aromatic nitrogens is 3. The molecule has 1 aromatic rings. The molecule has 0 aliphatic carbocycles. The van der Waals surface area contributed by atoms with Gasteiger partial charge in [-0.1, -0.05) is 25.1 Å². The summed E-state index contributed by atoms with van der Waals surface area (Å²) in [5.41, 5.74) is 0. The highest BCUT2D eigenvalue weighted by atomic mass is 32.2. The van der Waals surface area contributed by atoms with Crippen LogP contribution in [0.2, 0.25) is 0 Å². The maximum atomic E-state index is 5.66. The number of fused-ring (bicyclic) bond motifs is 1. The number of nitrogens with zero attached hydrogens (tertiary/aromatic N) is 3. The van der Waals surface area contributed by atoms with Crippen molar-refractivity contribution in [3.63, 3.8) is 0 Å². The highest BCUT2D eigenvalue weighted by Crippen LogP contribution is 2.29. The predicted molar refractivity (Wildman–Crippen MR) is 80.1 cm³/mol. The van der Waals surface area contributed by atoms with Crippen molar-refractivity contribution >= 4 is 11.8 Å². The second kappa shape index (κ2) is 6.91. The monoisotopic (exact) mass is 296 g/mol. The molecular weight excluding hydrogens is 272 g/mol. The first-order chi connectivity index (χ1) is 9.88. The van der Waals surface area contributed by atoms with Gasteiger partial charge >= 0.3 is 0 Å². The summed E-state index contributed by atoms with van der Waals surface area (Å²) in [6, 6.07) is 0.525. The molecule has 2 atom stereocenters. The van der Waals surface area contributed by atoms with Gasteiger partial charge in [0.05, 0.1) is 11.9 Å². The molecule has 0 aromatic carbocycles. The van der Waals surface area contributed by atoms with Crippen LogP contribution < -0.4 is 5.32 Å². The first kappa shape index (κ1) is 14.4. The first-order valence-corrected chi connectivity index (χ1v) is 8.66. The van der Waals surface area contributed by atoms with Crippen LogP contribution in [-0.4, -0.2) is 45.8 Å². The first-order valence-electron chi connectivity index (χ1n) is 7.78. The number of hydrogen-bond acceptors (Lipinski definition) is 5. The normalized spacial score (nSPS) is 27.1. The van der Waals surface area contributed by atoms with E-state index in [9.17, 15) is 0 Å². The smallest absolute Gasteiger partial charge is 0.191 e. The maximum absolute atomic E-state index is 5.66. The summed E-state index contributed by atoms with van der Waals surface area (Å²) in [5, 5.41) is 13.9. The largest absolute Gasteiger partial charge is 0.380 e. The lowest BCUT2D eigenvalue weighted by molar-refractivity contribution is 0.0836. The van der Waals surface area contributed by atoms with Crippen LogP contribution in [0.4, 0.5) is 0 Å². The molecule has 0 radical (unpaired) electrons. The Kier molecular flexibility index (Phi) is 4.96. The van der Waals surface area contributed by atoms with Crippen LogP contribution >= 0.6 is 11.8 Å². The average molecular weight is 296 g/mol. The molecule has 1 fully saturated rings. The van der Waals surface area contributed by atoms with Crippen molar-refractivity contribution in [3.8, 4) is 0 Å². The zero-order valence-electron chi connectivity index (χ0n) is 12.2. The van der Waals surface area contributed by atoms with Crippen molar-refractivity contribution < 1.29 is 4.74 Å². The summed E-state index contributed by atoms with van der Waals surface area (Å²) in [4.78, 5) is 0. The van der Waals surface area contributed by atoms with Gasteiger partial charge in [-0.05, 0) is 25.8 Å². The average Bonchev–Trinajstić information content (AvgIpc) is 2.70. The maximum Gasteiger partial charge on any atom is 0.191 e. The zero-order valence-corrected chi connectivity index (χ0v) is 13.0. The Labute approximate surface area is 124 Å². The van der Waals surface area contributed by atoms with Crippen LogP contribution in [0.5, 0.6) is 0 Å². The molecule has 6 heteroatoms. The summed E-state index contributed by atoms with van der Waals surface area (Å²) < 4.78 is 7.99.